The van der Waals surface area contributed by atoms with Crippen molar-refractivity contribution in [2.24, 2.45) is 5.92 Å². The average molecular weight is 387 g/mol. The minimum Gasteiger partial charge on any atom is -0.460 e. The molecule has 1 saturated carbocycles. The molecule has 2 aliphatic rings. The molecule has 0 spiro atoms. The molecule has 0 bridgehead atoms. The molecule has 4 heteroatoms. The Labute approximate surface area is 170 Å². The predicted molar refractivity (Wildman–Crippen MR) is 115 cm³/mol. The van der Waals surface area contributed by atoms with E-state index in [2.05, 4.69) is 17.0 Å². The summed E-state index contributed by atoms with van der Waals surface area (Å²) >= 11 is 0. The topological polar surface area (TPSA) is 55.6 Å². The first-order chi connectivity index (χ1) is 13.3. The fourth-order valence-electron chi connectivity index (χ4n) is 4.88. The molecule has 156 valence electrons. The van der Waals surface area contributed by atoms with Gasteiger partial charge in [-0.2, -0.15) is 0 Å². The highest BCUT2D eigenvalue weighted by molar-refractivity contribution is 5.69. The molecule has 1 aliphatic carbocycles. The smallest absolute Gasteiger partial charge is 0.306 e. The summed E-state index contributed by atoms with van der Waals surface area (Å²) < 4.78 is 5.44. The Morgan fingerprint density at radius 2 is 1.64 bits per heavy atom. The van der Waals surface area contributed by atoms with E-state index in [-0.39, 0.29) is 11.6 Å². The second-order valence-electron chi connectivity index (χ2n) is 9.78. The van der Waals surface area contributed by atoms with Crippen LogP contribution in [-0.2, 0) is 9.53 Å². The van der Waals surface area contributed by atoms with Gasteiger partial charge in [0.25, 0.3) is 0 Å². The Bertz CT molecular complexity index is 619. The van der Waals surface area contributed by atoms with Gasteiger partial charge in [0.15, 0.2) is 0 Å². The Balaban J connectivity index is 1.36. The minimum atomic E-state index is -0.368. The van der Waals surface area contributed by atoms with Crippen LogP contribution in [0.1, 0.15) is 83.6 Å². The molecule has 1 saturated heterocycles. The van der Waals surface area contributed by atoms with Crippen molar-refractivity contribution in [1.29, 1.82) is 0 Å². The number of ether oxygens (including phenoxy) is 1. The summed E-state index contributed by atoms with van der Waals surface area (Å²) in [5.41, 5.74) is 7.75. The molecule has 1 aliphatic heterocycles. The summed E-state index contributed by atoms with van der Waals surface area (Å²) in [7, 11) is 0. The van der Waals surface area contributed by atoms with Crippen molar-refractivity contribution in [3.8, 4) is 0 Å². The number of benzene rings is 1. The first-order valence-corrected chi connectivity index (χ1v) is 11.1. The molecule has 28 heavy (non-hydrogen) atoms. The van der Waals surface area contributed by atoms with Gasteiger partial charge in [0.05, 0.1) is 0 Å². The summed E-state index contributed by atoms with van der Waals surface area (Å²) in [6.07, 6.45) is 9.14. The van der Waals surface area contributed by atoms with E-state index in [1.54, 1.807) is 0 Å². The number of piperidine rings is 1. The number of nitrogens with two attached hydrogens (primary N) is 1. The Morgan fingerprint density at radius 1 is 1.04 bits per heavy atom. The standard InChI is InChI=1S/C24H38N2O2/c1-24(2,3)28-23(27)13-6-18-4-11-22(12-5-18)26-16-14-20(15-17-26)19-7-9-21(25)10-8-19/h7-10,18,20,22H,4-6,11-17,25H2,1-3H3. The van der Waals surface area contributed by atoms with Crippen molar-refractivity contribution in [2.75, 3.05) is 18.8 Å². The van der Waals surface area contributed by atoms with Crippen LogP contribution in [0.2, 0.25) is 0 Å². The summed E-state index contributed by atoms with van der Waals surface area (Å²) in [5, 5.41) is 0. The zero-order valence-corrected chi connectivity index (χ0v) is 18.0. The maximum Gasteiger partial charge on any atom is 0.306 e. The zero-order valence-electron chi connectivity index (χ0n) is 18.0. The average Bonchev–Trinajstić information content (AvgIpc) is 2.66. The van der Waals surface area contributed by atoms with Crippen molar-refractivity contribution < 1.29 is 9.53 Å². The van der Waals surface area contributed by atoms with Gasteiger partial charge in [-0.1, -0.05) is 12.1 Å². The maximum atomic E-state index is 11.9. The minimum absolute atomic E-state index is 0.0423. The highest BCUT2D eigenvalue weighted by Crippen LogP contribution is 2.35. The maximum absolute atomic E-state index is 11.9. The summed E-state index contributed by atoms with van der Waals surface area (Å²) in [4.78, 5) is 14.7. The lowest BCUT2D eigenvalue weighted by molar-refractivity contribution is -0.155. The molecule has 1 heterocycles. The molecule has 1 aromatic rings. The van der Waals surface area contributed by atoms with Crippen LogP contribution in [0.15, 0.2) is 24.3 Å². The van der Waals surface area contributed by atoms with E-state index in [9.17, 15) is 4.79 Å². The van der Waals surface area contributed by atoms with Crippen LogP contribution < -0.4 is 5.73 Å². The molecular weight excluding hydrogens is 348 g/mol. The van der Waals surface area contributed by atoms with E-state index in [0.29, 0.717) is 18.3 Å². The summed E-state index contributed by atoms with van der Waals surface area (Å²) in [5.74, 6) is 1.33. The van der Waals surface area contributed by atoms with Crippen molar-refractivity contribution in [3.63, 3.8) is 0 Å². The number of likely N-dealkylation sites (tertiary alicyclic amines) is 1. The number of nitrogen functional groups attached to an aromatic ring is 1. The van der Waals surface area contributed by atoms with Crippen molar-refractivity contribution in [1.82, 2.24) is 4.90 Å². The lowest BCUT2D eigenvalue weighted by atomic mass is 9.81. The third-order valence-corrected chi connectivity index (χ3v) is 6.45. The molecular formula is C24H38N2O2. The molecule has 0 aromatic heterocycles. The predicted octanol–water partition coefficient (Wildman–Crippen LogP) is 5.13. The first-order valence-electron chi connectivity index (χ1n) is 11.1. The number of carbonyl (C=O) groups is 1. The fraction of sp³-hybridized carbons (Fsp3) is 0.708. The van der Waals surface area contributed by atoms with Crippen LogP contribution in [0.3, 0.4) is 0 Å². The van der Waals surface area contributed by atoms with E-state index in [4.69, 9.17) is 10.5 Å². The zero-order chi connectivity index (χ0) is 20.1. The van der Waals surface area contributed by atoms with Gasteiger partial charge in [-0.3, -0.25) is 4.79 Å². The highest BCUT2D eigenvalue weighted by Gasteiger charge is 2.29. The molecule has 0 radical (unpaired) electrons. The number of hydrogen-bond donors (Lipinski definition) is 1. The first kappa shape index (κ1) is 21.2. The van der Waals surface area contributed by atoms with Gasteiger partial charge < -0.3 is 15.4 Å². The molecule has 0 amide bonds. The summed E-state index contributed by atoms with van der Waals surface area (Å²) in [6, 6.07) is 9.20. The van der Waals surface area contributed by atoms with E-state index in [0.717, 1.165) is 18.2 Å². The molecule has 2 N–H and O–H groups in total. The Hall–Kier alpha value is -1.55. The molecule has 0 unspecified atom stereocenters. The van der Waals surface area contributed by atoms with Crippen molar-refractivity contribution in [3.05, 3.63) is 29.8 Å². The van der Waals surface area contributed by atoms with E-state index < -0.39 is 0 Å². The van der Waals surface area contributed by atoms with Gasteiger partial charge in [0.1, 0.15) is 5.60 Å². The van der Waals surface area contributed by atoms with Crippen LogP contribution in [0.25, 0.3) is 0 Å². The van der Waals surface area contributed by atoms with Crippen LogP contribution in [-0.4, -0.2) is 35.6 Å². The van der Waals surface area contributed by atoms with Crippen LogP contribution in [0.4, 0.5) is 5.69 Å². The quantitative estimate of drug-likeness (QED) is 0.563. The van der Waals surface area contributed by atoms with Crippen LogP contribution in [0.5, 0.6) is 0 Å². The van der Waals surface area contributed by atoms with E-state index in [1.807, 2.05) is 32.9 Å². The molecule has 2 fully saturated rings. The van der Waals surface area contributed by atoms with Gasteiger partial charge in [0, 0.05) is 18.2 Å². The molecule has 1 aromatic carbocycles. The van der Waals surface area contributed by atoms with Gasteiger partial charge in [-0.05, 0) is 108 Å². The molecule has 0 atom stereocenters. The van der Waals surface area contributed by atoms with Gasteiger partial charge in [-0.25, -0.2) is 0 Å². The number of carbonyl (C=O) groups excluding carboxylic acids is 1. The second kappa shape index (κ2) is 9.30. The lowest BCUT2D eigenvalue weighted by Crippen LogP contribution is -2.42. The van der Waals surface area contributed by atoms with E-state index in [1.165, 1.54) is 57.2 Å². The molecule has 4 nitrogen and oxygen atoms in total. The number of hydrogen-bond acceptors (Lipinski definition) is 4. The Morgan fingerprint density at radius 3 is 2.21 bits per heavy atom. The Kier molecular flexibility index (Phi) is 7.03. The van der Waals surface area contributed by atoms with Crippen LogP contribution in [0, 0.1) is 5.92 Å². The number of nitrogens with zero attached hydrogens (tertiary/aromatic N) is 1. The summed E-state index contributed by atoms with van der Waals surface area (Å²) in [6.45, 7) is 8.23. The van der Waals surface area contributed by atoms with Gasteiger partial charge >= 0.3 is 5.97 Å². The van der Waals surface area contributed by atoms with E-state index >= 15 is 0 Å². The van der Waals surface area contributed by atoms with Crippen molar-refractivity contribution in [2.45, 2.75) is 89.7 Å². The highest BCUT2D eigenvalue weighted by atomic mass is 16.6. The number of rotatable bonds is 5. The third kappa shape index (κ3) is 6.23. The van der Waals surface area contributed by atoms with Crippen LogP contribution >= 0.6 is 0 Å². The SMILES string of the molecule is CC(C)(C)OC(=O)CCC1CCC(N2CCC(c3ccc(N)cc3)CC2)CC1. The second-order valence-corrected chi connectivity index (χ2v) is 9.78. The van der Waals surface area contributed by atoms with Gasteiger partial charge in [0.2, 0.25) is 0 Å². The monoisotopic (exact) mass is 386 g/mol. The largest absolute Gasteiger partial charge is 0.460 e. The lowest BCUT2D eigenvalue weighted by Gasteiger charge is -2.41. The van der Waals surface area contributed by atoms with Crippen molar-refractivity contribution >= 4 is 11.7 Å². The third-order valence-electron chi connectivity index (χ3n) is 6.45. The van der Waals surface area contributed by atoms with Gasteiger partial charge in [-0.15, -0.1) is 0 Å². The number of anilines is 1. The normalized spacial score (nSPS) is 24.8. The molecule has 3 rings (SSSR count). The fourth-order valence-corrected chi connectivity index (χ4v) is 4.88. The number of esters is 1.